The van der Waals surface area contributed by atoms with E-state index >= 15 is 0 Å². The monoisotopic (exact) mass is 173 g/mol. The number of aliphatic hydroxyl groups is 1. The highest BCUT2D eigenvalue weighted by atomic mass is 16.5. The number of carbonyl (C=O) groups is 1. The van der Waals surface area contributed by atoms with Crippen LogP contribution in [0.3, 0.4) is 0 Å². The summed E-state index contributed by atoms with van der Waals surface area (Å²) >= 11 is 0. The lowest BCUT2D eigenvalue weighted by molar-refractivity contribution is -0.132. The molecular formula is C8H15NO3. The van der Waals surface area contributed by atoms with E-state index in [-0.39, 0.29) is 18.5 Å². The molecule has 1 unspecified atom stereocenters. The number of nitrogens with one attached hydrogen (secondary N) is 1. The molecule has 1 fully saturated rings. The Morgan fingerprint density at radius 2 is 2.50 bits per heavy atom. The van der Waals surface area contributed by atoms with Gasteiger partial charge in [-0.25, -0.2) is 0 Å². The molecular weight excluding hydrogens is 158 g/mol. The normalized spacial score (nSPS) is 23.9. The molecule has 0 aliphatic carbocycles. The minimum Gasteiger partial charge on any atom is -0.396 e. The van der Waals surface area contributed by atoms with Crippen molar-refractivity contribution in [1.29, 1.82) is 0 Å². The summed E-state index contributed by atoms with van der Waals surface area (Å²) in [5.74, 6) is 0.0938. The maximum absolute atomic E-state index is 11.3. The summed E-state index contributed by atoms with van der Waals surface area (Å²) in [4.78, 5) is 11.3. The fourth-order valence-corrected chi connectivity index (χ4v) is 1.19. The van der Waals surface area contributed by atoms with Gasteiger partial charge in [0.1, 0.15) is 6.10 Å². The van der Waals surface area contributed by atoms with Crippen LogP contribution < -0.4 is 5.32 Å². The van der Waals surface area contributed by atoms with Gasteiger partial charge in [0.15, 0.2) is 5.78 Å². The fourth-order valence-electron chi connectivity index (χ4n) is 1.19. The summed E-state index contributed by atoms with van der Waals surface area (Å²) in [5, 5.41) is 11.6. The molecule has 2 N–H and O–H groups in total. The zero-order valence-electron chi connectivity index (χ0n) is 7.08. The van der Waals surface area contributed by atoms with Crippen LogP contribution in [0.25, 0.3) is 0 Å². The first-order valence-electron chi connectivity index (χ1n) is 4.30. The maximum Gasteiger partial charge on any atom is 0.162 e. The molecule has 0 aromatic heterocycles. The number of hydrogen-bond donors (Lipinski definition) is 2. The first-order valence-corrected chi connectivity index (χ1v) is 4.30. The standard InChI is InChI=1S/C8H15NO3/c10-4-1-2-7(11)8-6-9-3-5-12-8/h8-10H,1-6H2. The van der Waals surface area contributed by atoms with Gasteiger partial charge >= 0.3 is 0 Å². The first-order chi connectivity index (χ1) is 5.84. The smallest absolute Gasteiger partial charge is 0.162 e. The number of ether oxygens (including phenoxy) is 1. The first kappa shape index (κ1) is 9.64. The SMILES string of the molecule is O=C(CCCO)C1CNCCO1. The van der Waals surface area contributed by atoms with Crippen LogP contribution in [0, 0.1) is 0 Å². The maximum atomic E-state index is 11.3. The van der Waals surface area contributed by atoms with Gasteiger partial charge in [0.2, 0.25) is 0 Å². The Morgan fingerprint density at radius 3 is 3.08 bits per heavy atom. The third kappa shape index (κ3) is 2.89. The van der Waals surface area contributed by atoms with E-state index in [1.807, 2.05) is 0 Å². The highest BCUT2D eigenvalue weighted by Gasteiger charge is 2.20. The molecule has 0 amide bonds. The molecule has 1 heterocycles. The lowest BCUT2D eigenvalue weighted by atomic mass is 10.1. The summed E-state index contributed by atoms with van der Waals surface area (Å²) < 4.78 is 5.24. The Hall–Kier alpha value is -0.450. The van der Waals surface area contributed by atoms with Crippen LogP contribution >= 0.6 is 0 Å². The molecule has 0 aromatic rings. The summed E-state index contributed by atoms with van der Waals surface area (Å²) in [6.07, 6.45) is 0.673. The van der Waals surface area contributed by atoms with Gasteiger partial charge in [0.25, 0.3) is 0 Å². The lowest BCUT2D eigenvalue weighted by Gasteiger charge is -2.22. The van der Waals surface area contributed by atoms with Crippen molar-refractivity contribution in [3.05, 3.63) is 0 Å². The zero-order chi connectivity index (χ0) is 8.81. The molecule has 70 valence electrons. The fraction of sp³-hybridized carbons (Fsp3) is 0.875. The minimum absolute atomic E-state index is 0.0753. The third-order valence-corrected chi connectivity index (χ3v) is 1.87. The molecule has 1 saturated heterocycles. The highest BCUT2D eigenvalue weighted by molar-refractivity contribution is 5.83. The van der Waals surface area contributed by atoms with Crippen LogP contribution in [-0.2, 0) is 9.53 Å². The largest absolute Gasteiger partial charge is 0.396 e. The second kappa shape index (κ2) is 5.24. The van der Waals surface area contributed by atoms with Crippen LogP contribution in [0.1, 0.15) is 12.8 Å². The number of ketones is 1. The molecule has 0 radical (unpaired) electrons. The Kier molecular flexibility index (Phi) is 4.21. The minimum atomic E-state index is -0.287. The zero-order valence-corrected chi connectivity index (χ0v) is 7.08. The van der Waals surface area contributed by atoms with Crippen molar-refractivity contribution in [3.63, 3.8) is 0 Å². The molecule has 1 rings (SSSR count). The van der Waals surface area contributed by atoms with Gasteiger partial charge in [0.05, 0.1) is 6.61 Å². The summed E-state index contributed by atoms with van der Waals surface area (Å²) in [7, 11) is 0. The van der Waals surface area contributed by atoms with E-state index in [0.717, 1.165) is 6.54 Å². The number of rotatable bonds is 4. The van der Waals surface area contributed by atoms with E-state index in [0.29, 0.717) is 26.0 Å². The molecule has 12 heavy (non-hydrogen) atoms. The molecule has 0 bridgehead atoms. The molecule has 4 nitrogen and oxygen atoms in total. The molecule has 4 heteroatoms. The van der Waals surface area contributed by atoms with Gasteiger partial charge in [-0.1, -0.05) is 0 Å². The molecule has 1 aliphatic rings. The topological polar surface area (TPSA) is 58.6 Å². The number of hydrogen-bond acceptors (Lipinski definition) is 4. The molecule has 1 aliphatic heterocycles. The van der Waals surface area contributed by atoms with Crippen LogP contribution in [0.5, 0.6) is 0 Å². The summed E-state index contributed by atoms with van der Waals surface area (Å²) in [6.45, 7) is 2.12. The van der Waals surface area contributed by atoms with Crippen molar-refractivity contribution in [1.82, 2.24) is 5.32 Å². The van der Waals surface area contributed by atoms with Crippen LogP contribution in [0.15, 0.2) is 0 Å². The van der Waals surface area contributed by atoms with Gasteiger partial charge in [0, 0.05) is 26.1 Å². The van der Waals surface area contributed by atoms with Gasteiger partial charge in [-0.15, -0.1) is 0 Å². The average molecular weight is 173 g/mol. The van der Waals surface area contributed by atoms with E-state index in [1.165, 1.54) is 0 Å². The number of morpholine rings is 1. The second-order valence-electron chi connectivity index (χ2n) is 2.86. The predicted molar refractivity (Wildman–Crippen MR) is 43.9 cm³/mol. The highest BCUT2D eigenvalue weighted by Crippen LogP contribution is 2.02. The number of Topliss-reactive ketones (excluding diaryl/α,β-unsaturated/α-hetero) is 1. The third-order valence-electron chi connectivity index (χ3n) is 1.87. The van der Waals surface area contributed by atoms with Gasteiger partial charge in [-0.2, -0.15) is 0 Å². The molecule has 0 spiro atoms. The van der Waals surface area contributed by atoms with Gasteiger partial charge in [-0.05, 0) is 6.42 Å². The number of carbonyl (C=O) groups excluding carboxylic acids is 1. The van der Waals surface area contributed by atoms with Crippen molar-refractivity contribution in [2.75, 3.05) is 26.3 Å². The van der Waals surface area contributed by atoms with E-state index < -0.39 is 0 Å². The molecule has 0 aromatic carbocycles. The average Bonchev–Trinajstić information content (AvgIpc) is 2.15. The van der Waals surface area contributed by atoms with Crippen LogP contribution in [0.4, 0.5) is 0 Å². The quantitative estimate of drug-likeness (QED) is 0.591. The van der Waals surface area contributed by atoms with Crippen LogP contribution in [-0.4, -0.2) is 43.3 Å². The Balaban J connectivity index is 2.20. The Bertz CT molecular complexity index is 143. The van der Waals surface area contributed by atoms with Crippen molar-refractivity contribution in [3.8, 4) is 0 Å². The summed E-state index contributed by atoms with van der Waals surface area (Å²) in [6, 6.07) is 0. The van der Waals surface area contributed by atoms with Crippen molar-refractivity contribution in [2.45, 2.75) is 18.9 Å². The van der Waals surface area contributed by atoms with Crippen molar-refractivity contribution < 1.29 is 14.6 Å². The lowest BCUT2D eigenvalue weighted by Crippen LogP contribution is -2.43. The Morgan fingerprint density at radius 1 is 1.67 bits per heavy atom. The van der Waals surface area contributed by atoms with Crippen molar-refractivity contribution in [2.24, 2.45) is 0 Å². The van der Waals surface area contributed by atoms with Gasteiger partial charge < -0.3 is 15.2 Å². The predicted octanol–water partition coefficient (Wildman–Crippen LogP) is -0.684. The number of aliphatic hydroxyl groups excluding tert-OH is 1. The summed E-state index contributed by atoms with van der Waals surface area (Å²) in [5.41, 5.74) is 0. The van der Waals surface area contributed by atoms with E-state index in [4.69, 9.17) is 9.84 Å². The molecule has 0 saturated carbocycles. The Labute approximate surface area is 71.9 Å². The van der Waals surface area contributed by atoms with E-state index in [2.05, 4.69) is 5.32 Å². The van der Waals surface area contributed by atoms with Crippen molar-refractivity contribution >= 4 is 5.78 Å². The van der Waals surface area contributed by atoms with Gasteiger partial charge in [-0.3, -0.25) is 4.79 Å². The van der Waals surface area contributed by atoms with E-state index in [9.17, 15) is 4.79 Å². The second-order valence-corrected chi connectivity index (χ2v) is 2.86. The molecule has 1 atom stereocenters. The van der Waals surface area contributed by atoms with E-state index in [1.54, 1.807) is 0 Å². The van der Waals surface area contributed by atoms with Crippen LogP contribution in [0.2, 0.25) is 0 Å².